The van der Waals surface area contributed by atoms with Gasteiger partial charge in [0.15, 0.2) is 8.32 Å². The third-order valence-corrected chi connectivity index (χ3v) is 13.4. The van der Waals surface area contributed by atoms with Gasteiger partial charge in [-0.25, -0.2) is 0 Å². The van der Waals surface area contributed by atoms with E-state index in [-0.39, 0.29) is 28.6 Å². The third-order valence-electron chi connectivity index (χ3n) is 8.90. The molecule has 0 aliphatic heterocycles. The molecule has 0 aromatic heterocycles. The lowest BCUT2D eigenvalue weighted by molar-refractivity contribution is -0.0418. The second kappa shape index (κ2) is 9.20. The van der Waals surface area contributed by atoms with Gasteiger partial charge in [0.2, 0.25) is 0 Å². The van der Waals surface area contributed by atoms with E-state index < -0.39 is 8.32 Å². The molecule has 2 aliphatic carbocycles. The molecule has 180 valence electrons. The van der Waals surface area contributed by atoms with Crippen LogP contribution in [0.3, 0.4) is 0 Å². The van der Waals surface area contributed by atoms with Gasteiger partial charge in [-0.1, -0.05) is 70.2 Å². The summed E-state index contributed by atoms with van der Waals surface area (Å²) in [4.78, 5) is 0. The molecular weight excluding hydrogens is 424 g/mol. The van der Waals surface area contributed by atoms with Gasteiger partial charge in [0, 0.05) is 5.92 Å². The molecule has 4 rings (SSSR count). The summed E-state index contributed by atoms with van der Waals surface area (Å²) >= 11 is 0. The molecule has 0 amide bonds. The van der Waals surface area contributed by atoms with Crippen LogP contribution in [0.15, 0.2) is 54.6 Å². The first-order valence-corrected chi connectivity index (χ1v) is 15.5. The minimum Gasteiger partial charge on any atom is -0.489 e. The van der Waals surface area contributed by atoms with Crippen LogP contribution in [0.4, 0.5) is 0 Å². The number of aliphatic hydroxyl groups is 1. The molecule has 0 radical (unpaired) electrons. The highest BCUT2D eigenvalue weighted by Gasteiger charge is 2.55. The van der Waals surface area contributed by atoms with Crippen molar-refractivity contribution in [2.75, 3.05) is 0 Å². The van der Waals surface area contributed by atoms with Crippen LogP contribution in [0, 0.1) is 11.3 Å². The van der Waals surface area contributed by atoms with Crippen LogP contribution in [-0.4, -0.2) is 25.6 Å². The summed E-state index contributed by atoms with van der Waals surface area (Å²) in [6, 6.07) is 18.6. The van der Waals surface area contributed by atoms with Crippen molar-refractivity contribution in [1.82, 2.24) is 0 Å². The van der Waals surface area contributed by atoms with Crippen LogP contribution in [0.25, 0.3) is 0 Å². The van der Waals surface area contributed by atoms with Gasteiger partial charge >= 0.3 is 0 Å². The second-order valence-electron chi connectivity index (χ2n) is 12.1. The molecule has 2 fully saturated rings. The smallest absolute Gasteiger partial charge is 0.192 e. The first kappa shape index (κ1) is 24.5. The normalized spacial score (nSPS) is 30.2. The molecule has 3 nitrogen and oxygen atoms in total. The molecule has 1 N–H and O–H groups in total. The lowest BCUT2D eigenvalue weighted by Gasteiger charge is -2.49. The molecule has 0 bridgehead atoms. The van der Waals surface area contributed by atoms with Crippen molar-refractivity contribution in [2.24, 2.45) is 11.3 Å². The van der Waals surface area contributed by atoms with Gasteiger partial charge in [0.25, 0.3) is 0 Å². The molecule has 0 heterocycles. The summed E-state index contributed by atoms with van der Waals surface area (Å²) in [5.41, 5.74) is 2.47. The second-order valence-corrected chi connectivity index (χ2v) is 16.9. The SMILES string of the molecule is CC(C)(C)[Si](C)(C)O[C@H]1CC[C@H]2C[C@@H](c3ccc(OCc4ccccc4)cc3)[C@H](O)C[C@@]21C. The molecule has 2 saturated carbocycles. The number of ether oxygens (including phenoxy) is 1. The molecule has 2 aliphatic rings. The predicted molar refractivity (Wildman–Crippen MR) is 138 cm³/mol. The average Bonchev–Trinajstić information content (AvgIpc) is 3.06. The van der Waals surface area contributed by atoms with Crippen LogP contribution in [0.5, 0.6) is 5.75 Å². The van der Waals surface area contributed by atoms with Crippen molar-refractivity contribution in [3.8, 4) is 5.75 Å². The lowest BCUT2D eigenvalue weighted by atomic mass is 9.63. The Labute approximate surface area is 201 Å². The molecule has 4 heteroatoms. The average molecular weight is 467 g/mol. The summed E-state index contributed by atoms with van der Waals surface area (Å²) in [6.07, 6.45) is 4.14. The molecule has 0 saturated heterocycles. The highest BCUT2D eigenvalue weighted by molar-refractivity contribution is 6.74. The van der Waals surface area contributed by atoms with E-state index in [1.54, 1.807) is 0 Å². The Morgan fingerprint density at radius 1 is 1.00 bits per heavy atom. The quantitative estimate of drug-likeness (QED) is 0.454. The molecule has 2 aromatic rings. The van der Waals surface area contributed by atoms with E-state index in [0.717, 1.165) is 25.0 Å². The zero-order valence-corrected chi connectivity index (χ0v) is 22.3. The van der Waals surface area contributed by atoms with E-state index in [0.29, 0.717) is 12.5 Å². The maximum Gasteiger partial charge on any atom is 0.192 e. The fourth-order valence-corrected chi connectivity index (χ4v) is 7.10. The van der Waals surface area contributed by atoms with Crippen molar-refractivity contribution in [2.45, 2.75) is 96.2 Å². The third kappa shape index (κ3) is 5.08. The van der Waals surface area contributed by atoms with Crippen LogP contribution in [-0.2, 0) is 11.0 Å². The van der Waals surface area contributed by atoms with Crippen molar-refractivity contribution >= 4 is 8.32 Å². The standard InChI is InChI=1S/C29H42O3Si/c1-28(2,3)33(5,6)32-27-17-14-23-18-25(26(30)19-29(23,27)4)22-12-15-24(16-13-22)31-20-21-10-8-7-9-11-21/h7-13,15-16,23,25-27,30H,14,17-20H2,1-6H3/t23-,25-,26+,27-,29-/m0/s1. The summed E-state index contributed by atoms with van der Waals surface area (Å²) in [5, 5.41) is 11.5. The van der Waals surface area contributed by atoms with Crippen molar-refractivity contribution in [3.05, 3.63) is 65.7 Å². The Balaban J connectivity index is 1.41. The van der Waals surface area contributed by atoms with Gasteiger partial charge in [-0.15, -0.1) is 0 Å². The number of benzene rings is 2. The maximum absolute atomic E-state index is 11.3. The Bertz CT molecular complexity index is 918. The molecule has 0 unspecified atom stereocenters. The number of hydrogen-bond acceptors (Lipinski definition) is 3. The molecule has 5 atom stereocenters. The van der Waals surface area contributed by atoms with Crippen LogP contribution >= 0.6 is 0 Å². The first-order chi connectivity index (χ1) is 15.5. The van der Waals surface area contributed by atoms with E-state index in [1.807, 2.05) is 18.2 Å². The maximum atomic E-state index is 11.3. The fraction of sp³-hybridized carbons (Fsp3) is 0.586. The highest BCUT2D eigenvalue weighted by Crippen LogP contribution is 2.57. The minimum atomic E-state index is -1.83. The lowest BCUT2D eigenvalue weighted by Crippen LogP contribution is -2.50. The van der Waals surface area contributed by atoms with Gasteiger partial charge in [-0.05, 0) is 78.4 Å². The molecule has 2 aromatic carbocycles. The largest absolute Gasteiger partial charge is 0.489 e. The van der Waals surface area contributed by atoms with Crippen molar-refractivity contribution in [1.29, 1.82) is 0 Å². The van der Waals surface area contributed by atoms with Crippen molar-refractivity contribution < 1.29 is 14.3 Å². The summed E-state index contributed by atoms with van der Waals surface area (Å²) in [5.74, 6) is 1.67. The summed E-state index contributed by atoms with van der Waals surface area (Å²) < 4.78 is 12.9. The van der Waals surface area contributed by atoms with E-state index in [1.165, 1.54) is 17.5 Å². The number of hydrogen-bond donors (Lipinski definition) is 1. The van der Waals surface area contributed by atoms with Gasteiger partial charge < -0.3 is 14.3 Å². The summed E-state index contributed by atoms with van der Waals surface area (Å²) in [7, 11) is -1.83. The predicted octanol–water partition coefficient (Wildman–Crippen LogP) is 7.31. The van der Waals surface area contributed by atoms with Crippen molar-refractivity contribution in [3.63, 3.8) is 0 Å². The Morgan fingerprint density at radius 3 is 2.30 bits per heavy atom. The molecular formula is C29H42O3Si. The van der Waals surface area contributed by atoms with Gasteiger partial charge in [0.05, 0.1) is 12.2 Å². The Hall–Kier alpha value is -1.62. The van der Waals surface area contributed by atoms with Crippen LogP contribution < -0.4 is 4.74 Å². The van der Waals surface area contributed by atoms with E-state index in [2.05, 4.69) is 77.2 Å². The van der Waals surface area contributed by atoms with Crippen LogP contribution in [0.1, 0.15) is 70.4 Å². The minimum absolute atomic E-state index is 0.0736. The number of rotatable bonds is 6. The number of aliphatic hydroxyl groups excluding tert-OH is 1. The zero-order valence-electron chi connectivity index (χ0n) is 21.3. The van der Waals surface area contributed by atoms with Gasteiger partial charge in [0.1, 0.15) is 12.4 Å². The van der Waals surface area contributed by atoms with Gasteiger partial charge in [-0.3, -0.25) is 0 Å². The highest BCUT2D eigenvalue weighted by atomic mass is 28.4. The topological polar surface area (TPSA) is 38.7 Å². The monoisotopic (exact) mass is 466 g/mol. The van der Waals surface area contributed by atoms with E-state index >= 15 is 0 Å². The van der Waals surface area contributed by atoms with E-state index in [4.69, 9.17) is 9.16 Å². The summed E-state index contributed by atoms with van der Waals surface area (Å²) in [6.45, 7) is 14.6. The Morgan fingerprint density at radius 2 is 1.67 bits per heavy atom. The molecule has 0 spiro atoms. The first-order valence-electron chi connectivity index (χ1n) is 12.6. The molecule has 33 heavy (non-hydrogen) atoms. The number of fused-ring (bicyclic) bond motifs is 1. The fourth-order valence-electron chi connectivity index (χ4n) is 5.65. The zero-order chi connectivity index (χ0) is 23.9. The van der Waals surface area contributed by atoms with E-state index in [9.17, 15) is 5.11 Å². The Kier molecular flexibility index (Phi) is 6.83. The van der Waals surface area contributed by atoms with Gasteiger partial charge in [-0.2, -0.15) is 0 Å². The van der Waals surface area contributed by atoms with Crippen LogP contribution in [0.2, 0.25) is 18.1 Å².